The summed E-state index contributed by atoms with van der Waals surface area (Å²) in [5.41, 5.74) is -0.482. The van der Waals surface area contributed by atoms with Crippen molar-refractivity contribution in [1.82, 2.24) is 9.80 Å². The number of carbonyl (C=O) groups is 2. The molecule has 2 aliphatic rings. The highest BCUT2D eigenvalue weighted by molar-refractivity contribution is 5.86. The molecule has 0 aromatic carbocycles. The Hall–Kier alpha value is -1.10. The summed E-state index contributed by atoms with van der Waals surface area (Å²) in [4.78, 5) is 27.6. The van der Waals surface area contributed by atoms with E-state index in [0.29, 0.717) is 25.7 Å². The fourth-order valence-corrected chi connectivity index (χ4v) is 2.76. The zero-order valence-electron chi connectivity index (χ0n) is 11.6. The molecular weight excluding hydrogens is 232 g/mol. The second kappa shape index (κ2) is 4.53. The Morgan fingerprint density at radius 2 is 2.06 bits per heavy atom. The van der Waals surface area contributed by atoms with E-state index in [-0.39, 0.29) is 17.8 Å². The van der Waals surface area contributed by atoms with E-state index in [1.165, 1.54) is 0 Å². The number of hydrogen-bond acceptors (Lipinski definition) is 4. The minimum atomic E-state index is -0.482. The molecule has 18 heavy (non-hydrogen) atoms. The van der Waals surface area contributed by atoms with Crippen LogP contribution in [0.3, 0.4) is 0 Å². The van der Waals surface area contributed by atoms with Crippen molar-refractivity contribution in [2.45, 2.75) is 38.8 Å². The van der Waals surface area contributed by atoms with Gasteiger partial charge in [-0.05, 0) is 34.2 Å². The highest BCUT2D eigenvalue weighted by Crippen LogP contribution is 2.28. The van der Waals surface area contributed by atoms with Gasteiger partial charge in [-0.25, -0.2) is 4.79 Å². The first-order valence-corrected chi connectivity index (χ1v) is 6.49. The minimum absolute atomic E-state index is 0.0312. The summed E-state index contributed by atoms with van der Waals surface area (Å²) < 4.78 is 5.35. The van der Waals surface area contributed by atoms with Crippen molar-refractivity contribution in [3.05, 3.63) is 0 Å². The fourth-order valence-electron chi connectivity index (χ4n) is 2.76. The molecule has 0 N–H and O–H groups in total. The van der Waals surface area contributed by atoms with Gasteiger partial charge in [-0.15, -0.1) is 0 Å². The van der Waals surface area contributed by atoms with Crippen molar-refractivity contribution >= 4 is 11.9 Å². The normalized spacial score (nSPS) is 29.3. The lowest BCUT2D eigenvalue weighted by atomic mass is 9.92. The molecule has 2 unspecified atom stereocenters. The van der Waals surface area contributed by atoms with E-state index in [9.17, 15) is 9.59 Å². The second-order valence-corrected chi connectivity index (χ2v) is 6.27. The van der Waals surface area contributed by atoms with Gasteiger partial charge in [-0.1, -0.05) is 0 Å². The maximum atomic E-state index is 12.0. The number of nitrogens with zero attached hydrogens (tertiary/aromatic N) is 2. The number of likely N-dealkylation sites (tertiary alicyclic amines) is 2. The Labute approximate surface area is 108 Å². The van der Waals surface area contributed by atoms with Crippen LogP contribution in [0, 0.1) is 5.92 Å². The zero-order valence-corrected chi connectivity index (χ0v) is 11.6. The number of amides is 1. The molecule has 2 aliphatic heterocycles. The van der Waals surface area contributed by atoms with E-state index in [4.69, 9.17) is 4.74 Å². The summed E-state index contributed by atoms with van der Waals surface area (Å²) in [5, 5.41) is 0. The van der Waals surface area contributed by atoms with Crippen LogP contribution in [-0.2, 0) is 9.53 Å². The smallest absolute Gasteiger partial charge is 0.410 e. The first kappa shape index (κ1) is 13.3. The van der Waals surface area contributed by atoms with Gasteiger partial charge < -0.3 is 9.64 Å². The molecule has 0 radical (unpaired) electrons. The molecule has 5 nitrogen and oxygen atoms in total. The Morgan fingerprint density at radius 1 is 1.39 bits per heavy atom. The Kier molecular flexibility index (Phi) is 3.36. The molecule has 2 fully saturated rings. The van der Waals surface area contributed by atoms with Crippen molar-refractivity contribution in [3.8, 4) is 0 Å². The maximum Gasteiger partial charge on any atom is 0.410 e. The van der Waals surface area contributed by atoms with E-state index in [0.717, 1.165) is 6.42 Å². The quantitative estimate of drug-likeness (QED) is 0.650. The highest BCUT2D eigenvalue weighted by Gasteiger charge is 2.43. The summed E-state index contributed by atoms with van der Waals surface area (Å²) >= 11 is 0. The average molecular weight is 254 g/mol. The number of ether oxygens (including phenoxy) is 1. The monoisotopic (exact) mass is 254 g/mol. The Balaban J connectivity index is 1.99. The van der Waals surface area contributed by atoms with Gasteiger partial charge in [0.2, 0.25) is 0 Å². The van der Waals surface area contributed by atoms with Gasteiger partial charge in [-0.2, -0.15) is 0 Å². The third-order valence-corrected chi connectivity index (χ3v) is 3.61. The van der Waals surface area contributed by atoms with Crippen LogP contribution >= 0.6 is 0 Å². The molecule has 0 bridgehead atoms. The fraction of sp³-hybridized carbons (Fsp3) is 0.846. The van der Waals surface area contributed by atoms with Crippen molar-refractivity contribution in [2.75, 3.05) is 26.7 Å². The van der Waals surface area contributed by atoms with E-state index in [1.54, 1.807) is 4.90 Å². The summed E-state index contributed by atoms with van der Waals surface area (Å²) in [7, 11) is 1.98. The molecule has 0 aromatic rings. The van der Waals surface area contributed by atoms with Crippen LogP contribution in [0.1, 0.15) is 27.2 Å². The van der Waals surface area contributed by atoms with E-state index >= 15 is 0 Å². The van der Waals surface area contributed by atoms with Crippen LogP contribution in [0.25, 0.3) is 0 Å². The van der Waals surface area contributed by atoms with Crippen molar-refractivity contribution in [2.24, 2.45) is 5.92 Å². The molecule has 0 aliphatic carbocycles. The summed E-state index contributed by atoms with van der Waals surface area (Å²) in [6.07, 6.45) is 0.551. The van der Waals surface area contributed by atoms with E-state index in [1.807, 2.05) is 27.8 Å². The van der Waals surface area contributed by atoms with E-state index < -0.39 is 5.60 Å². The third kappa shape index (κ3) is 2.66. The van der Waals surface area contributed by atoms with Gasteiger partial charge >= 0.3 is 6.09 Å². The first-order chi connectivity index (χ1) is 8.28. The summed E-state index contributed by atoms with van der Waals surface area (Å²) in [6.45, 7) is 7.25. The topological polar surface area (TPSA) is 49.9 Å². The predicted molar refractivity (Wildman–Crippen MR) is 67.3 cm³/mol. The summed E-state index contributed by atoms with van der Waals surface area (Å²) in [6, 6.07) is 0.302. The third-order valence-electron chi connectivity index (χ3n) is 3.61. The van der Waals surface area contributed by atoms with Crippen molar-refractivity contribution in [1.29, 1.82) is 0 Å². The van der Waals surface area contributed by atoms with Crippen molar-refractivity contribution < 1.29 is 14.3 Å². The van der Waals surface area contributed by atoms with Crippen LogP contribution < -0.4 is 0 Å². The molecule has 0 saturated carbocycles. The molecule has 1 amide bonds. The van der Waals surface area contributed by atoms with Crippen LogP contribution in [-0.4, -0.2) is 60.0 Å². The molecule has 5 heteroatoms. The molecule has 0 aromatic heterocycles. The SMILES string of the molecule is CN1CC(=O)C2CN(C(=O)OC(C)(C)C)CCC21. The number of carbonyl (C=O) groups excluding carboxylic acids is 2. The number of Topliss-reactive ketones (excluding diaryl/α,β-unsaturated/α-hetero) is 1. The van der Waals surface area contributed by atoms with Gasteiger partial charge in [0.1, 0.15) is 5.60 Å². The van der Waals surface area contributed by atoms with Crippen LogP contribution in [0.15, 0.2) is 0 Å². The largest absolute Gasteiger partial charge is 0.444 e. The van der Waals surface area contributed by atoms with Gasteiger partial charge in [0, 0.05) is 19.1 Å². The number of piperidine rings is 1. The molecule has 2 rings (SSSR count). The maximum absolute atomic E-state index is 12.0. The lowest BCUT2D eigenvalue weighted by molar-refractivity contribution is -0.120. The number of fused-ring (bicyclic) bond motifs is 1. The molecular formula is C13H22N2O3. The van der Waals surface area contributed by atoms with Crippen LogP contribution in [0.4, 0.5) is 4.79 Å². The molecule has 102 valence electrons. The molecule has 2 saturated heterocycles. The Morgan fingerprint density at radius 3 is 2.67 bits per heavy atom. The van der Waals surface area contributed by atoms with Gasteiger partial charge in [0.15, 0.2) is 5.78 Å². The van der Waals surface area contributed by atoms with Gasteiger partial charge in [0.05, 0.1) is 12.5 Å². The number of hydrogen-bond donors (Lipinski definition) is 0. The first-order valence-electron chi connectivity index (χ1n) is 6.49. The van der Waals surface area contributed by atoms with Crippen LogP contribution in [0.2, 0.25) is 0 Å². The minimum Gasteiger partial charge on any atom is -0.444 e. The standard InChI is InChI=1S/C13H22N2O3/c1-13(2,3)18-12(17)15-6-5-10-9(7-15)11(16)8-14(10)4/h9-10H,5-8H2,1-4H3. The Bertz CT molecular complexity index is 362. The van der Waals surface area contributed by atoms with Crippen molar-refractivity contribution in [3.63, 3.8) is 0 Å². The summed E-state index contributed by atoms with van der Waals surface area (Å²) in [5.74, 6) is 0.215. The van der Waals surface area contributed by atoms with Gasteiger partial charge in [-0.3, -0.25) is 9.69 Å². The lowest BCUT2D eigenvalue weighted by Gasteiger charge is -2.36. The average Bonchev–Trinajstić information content (AvgIpc) is 2.52. The van der Waals surface area contributed by atoms with Crippen LogP contribution in [0.5, 0.6) is 0 Å². The number of likely N-dealkylation sites (N-methyl/N-ethyl adjacent to an activating group) is 1. The van der Waals surface area contributed by atoms with Gasteiger partial charge in [0.25, 0.3) is 0 Å². The molecule has 2 heterocycles. The van der Waals surface area contributed by atoms with E-state index in [2.05, 4.69) is 4.90 Å². The molecule has 2 atom stereocenters. The second-order valence-electron chi connectivity index (χ2n) is 6.27. The highest BCUT2D eigenvalue weighted by atomic mass is 16.6. The number of rotatable bonds is 0. The number of ketones is 1. The molecule has 0 spiro atoms. The zero-order chi connectivity index (χ0) is 13.5. The predicted octanol–water partition coefficient (Wildman–Crippen LogP) is 1.13. The lowest BCUT2D eigenvalue weighted by Crippen LogP contribution is -2.49.